The van der Waals surface area contributed by atoms with Crippen molar-refractivity contribution in [2.24, 2.45) is 11.8 Å². The Hall–Kier alpha value is -0.0800. The van der Waals surface area contributed by atoms with Crippen LogP contribution in [-0.4, -0.2) is 23.4 Å². The summed E-state index contributed by atoms with van der Waals surface area (Å²) in [4.78, 5) is 0. The predicted molar refractivity (Wildman–Crippen MR) is 65.3 cm³/mol. The van der Waals surface area contributed by atoms with Crippen LogP contribution in [0.4, 0.5) is 0 Å². The first kappa shape index (κ1) is 12.4. The van der Waals surface area contributed by atoms with Crippen LogP contribution in [0.25, 0.3) is 0 Å². The first-order valence-electron chi connectivity index (χ1n) is 6.91. The molecule has 2 rings (SSSR count). The van der Waals surface area contributed by atoms with Gasteiger partial charge in [0, 0.05) is 6.61 Å². The monoisotopic (exact) mass is 226 g/mol. The summed E-state index contributed by atoms with van der Waals surface area (Å²) in [6.45, 7) is 5.47. The second kappa shape index (κ2) is 5.05. The molecule has 3 atom stereocenters. The first-order valence-corrected chi connectivity index (χ1v) is 6.91. The molecule has 1 aliphatic heterocycles. The molecule has 1 saturated carbocycles. The molecule has 2 nitrogen and oxygen atoms in total. The molecule has 1 N–H and O–H groups in total. The minimum absolute atomic E-state index is 0.400. The molecule has 0 aromatic rings. The molecule has 0 aromatic heterocycles. The molecule has 2 heteroatoms. The fourth-order valence-electron chi connectivity index (χ4n) is 3.74. The van der Waals surface area contributed by atoms with Crippen molar-refractivity contribution in [3.63, 3.8) is 0 Å². The highest BCUT2D eigenvalue weighted by Crippen LogP contribution is 2.39. The highest BCUT2D eigenvalue weighted by Gasteiger charge is 2.36. The fraction of sp³-hybridized carbons (Fsp3) is 1.00. The average molecular weight is 226 g/mol. The van der Waals surface area contributed by atoms with E-state index in [0.717, 1.165) is 32.3 Å². The first-order chi connectivity index (χ1) is 7.57. The zero-order chi connectivity index (χ0) is 11.6. The molecular weight excluding hydrogens is 200 g/mol. The van der Waals surface area contributed by atoms with Crippen molar-refractivity contribution in [1.29, 1.82) is 0 Å². The van der Waals surface area contributed by atoms with Crippen LogP contribution in [0, 0.1) is 11.8 Å². The highest BCUT2D eigenvalue weighted by molar-refractivity contribution is 4.88. The number of ether oxygens (including phenoxy) is 1. The lowest BCUT2D eigenvalue weighted by Crippen LogP contribution is -2.38. The molecule has 0 amide bonds. The molecule has 1 aliphatic carbocycles. The van der Waals surface area contributed by atoms with E-state index in [4.69, 9.17) is 4.74 Å². The van der Waals surface area contributed by atoms with E-state index >= 15 is 0 Å². The van der Waals surface area contributed by atoms with Crippen LogP contribution in [0.1, 0.15) is 58.8 Å². The summed E-state index contributed by atoms with van der Waals surface area (Å²) in [6, 6.07) is 0. The van der Waals surface area contributed by atoms with E-state index in [-0.39, 0.29) is 0 Å². The van der Waals surface area contributed by atoms with Crippen molar-refractivity contribution >= 4 is 0 Å². The summed E-state index contributed by atoms with van der Waals surface area (Å²) >= 11 is 0. The molecule has 3 unspecified atom stereocenters. The van der Waals surface area contributed by atoms with Gasteiger partial charge in [-0.3, -0.25) is 0 Å². The minimum Gasteiger partial charge on any atom is -0.390 e. The summed E-state index contributed by atoms with van der Waals surface area (Å²) in [5.41, 5.74) is -0.400. The molecule has 1 saturated heterocycles. The van der Waals surface area contributed by atoms with Crippen LogP contribution >= 0.6 is 0 Å². The lowest BCUT2D eigenvalue weighted by atomic mass is 9.71. The van der Waals surface area contributed by atoms with E-state index in [2.05, 4.69) is 13.8 Å². The summed E-state index contributed by atoms with van der Waals surface area (Å²) in [5.74, 6) is 1.36. The number of aliphatic hydroxyl groups is 1. The normalized spacial score (nSPS) is 44.8. The summed E-state index contributed by atoms with van der Waals surface area (Å²) < 4.78 is 5.63. The summed E-state index contributed by atoms with van der Waals surface area (Å²) in [6.07, 6.45) is 8.08. The average Bonchev–Trinajstić information content (AvgIpc) is 2.64. The maximum atomic E-state index is 10.6. The zero-order valence-electron chi connectivity index (χ0n) is 10.7. The fourth-order valence-corrected chi connectivity index (χ4v) is 3.74. The van der Waals surface area contributed by atoms with Crippen molar-refractivity contribution in [2.45, 2.75) is 70.5 Å². The predicted octanol–water partition coefficient (Wildman–Crippen LogP) is 3.13. The Balaban J connectivity index is 1.81. The minimum atomic E-state index is -0.400. The summed E-state index contributed by atoms with van der Waals surface area (Å²) in [5, 5.41) is 10.6. The van der Waals surface area contributed by atoms with Crippen LogP contribution in [0.3, 0.4) is 0 Å². The van der Waals surface area contributed by atoms with Gasteiger partial charge in [-0.05, 0) is 56.8 Å². The van der Waals surface area contributed by atoms with Gasteiger partial charge in [0.05, 0.1) is 11.7 Å². The molecular formula is C14H26O2. The van der Waals surface area contributed by atoms with Crippen LogP contribution < -0.4 is 0 Å². The third kappa shape index (κ3) is 3.21. The van der Waals surface area contributed by atoms with Gasteiger partial charge in [0.1, 0.15) is 0 Å². The lowest BCUT2D eigenvalue weighted by Gasteiger charge is -2.39. The molecule has 16 heavy (non-hydrogen) atoms. The molecule has 1 heterocycles. The van der Waals surface area contributed by atoms with Crippen molar-refractivity contribution in [2.75, 3.05) is 6.61 Å². The van der Waals surface area contributed by atoms with E-state index in [1.165, 1.54) is 19.3 Å². The maximum Gasteiger partial charge on any atom is 0.0653 e. The van der Waals surface area contributed by atoms with Crippen LogP contribution in [0.5, 0.6) is 0 Å². The van der Waals surface area contributed by atoms with E-state index < -0.39 is 5.60 Å². The van der Waals surface area contributed by atoms with Gasteiger partial charge in [0.25, 0.3) is 0 Å². The second-order valence-electron chi connectivity index (χ2n) is 6.25. The Labute approximate surface area is 99.4 Å². The number of rotatable bonds is 3. The van der Waals surface area contributed by atoms with Gasteiger partial charge in [0.15, 0.2) is 0 Å². The van der Waals surface area contributed by atoms with Gasteiger partial charge in [0.2, 0.25) is 0 Å². The Morgan fingerprint density at radius 3 is 2.50 bits per heavy atom. The van der Waals surface area contributed by atoms with Gasteiger partial charge >= 0.3 is 0 Å². The van der Waals surface area contributed by atoms with Gasteiger partial charge in [-0.2, -0.15) is 0 Å². The van der Waals surface area contributed by atoms with Crippen LogP contribution in [-0.2, 0) is 4.74 Å². The zero-order valence-corrected chi connectivity index (χ0v) is 10.7. The lowest BCUT2D eigenvalue weighted by molar-refractivity contribution is -0.0476. The van der Waals surface area contributed by atoms with Crippen LogP contribution in [0.15, 0.2) is 0 Å². The molecule has 0 radical (unpaired) electrons. The second-order valence-corrected chi connectivity index (χ2v) is 6.25. The van der Waals surface area contributed by atoms with Crippen LogP contribution in [0.2, 0.25) is 0 Å². The van der Waals surface area contributed by atoms with E-state index in [1.807, 2.05) is 0 Å². The van der Waals surface area contributed by atoms with E-state index in [1.54, 1.807) is 0 Å². The molecule has 0 bridgehead atoms. The highest BCUT2D eigenvalue weighted by atomic mass is 16.5. The van der Waals surface area contributed by atoms with Gasteiger partial charge < -0.3 is 9.84 Å². The van der Waals surface area contributed by atoms with Crippen molar-refractivity contribution < 1.29 is 9.84 Å². The largest absolute Gasteiger partial charge is 0.390 e. The molecule has 0 spiro atoms. The third-order valence-corrected chi connectivity index (χ3v) is 4.22. The smallest absolute Gasteiger partial charge is 0.0653 e. The maximum absolute atomic E-state index is 10.6. The SMILES string of the molecule is CC1CC(C)CC(O)(CCC2CCCO2)C1. The van der Waals surface area contributed by atoms with Gasteiger partial charge in [-0.25, -0.2) is 0 Å². The van der Waals surface area contributed by atoms with E-state index in [0.29, 0.717) is 17.9 Å². The molecule has 94 valence electrons. The number of hydrogen-bond donors (Lipinski definition) is 1. The van der Waals surface area contributed by atoms with E-state index in [9.17, 15) is 5.11 Å². The molecule has 2 fully saturated rings. The molecule has 0 aromatic carbocycles. The van der Waals surface area contributed by atoms with Gasteiger partial charge in [-0.15, -0.1) is 0 Å². The Kier molecular flexibility index (Phi) is 3.91. The quantitative estimate of drug-likeness (QED) is 0.801. The van der Waals surface area contributed by atoms with Crippen molar-refractivity contribution in [3.05, 3.63) is 0 Å². The van der Waals surface area contributed by atoms with Crippen molar-refractivity contribution in [1.82, 2.24) is 0 Å². The summed E-state index contributed by atoms with van der Waals surface area (Å²) in [7, 11) is 0. The van der Waals surface area contributed by atoms with Crippen molar-refractivity contribution in [3.8, 4) is 0 Å². The number of hydrogen-bond acceptors (Lipinski definition) is 2. The Morgan fingerprint density at radius 1 is 1.25 bits per heavy atom. The third-order valence-electron chi connectivity index (χ3n) is 4.22. The Bertz CT molecular complexity index is 211. The topological polar surface area (TPSA) is 29.5 Å². The Morgan fingerprint density at radius 2 is 1.94 bits per heavy atom. The van der Waals surface area contributed by atoms with Gasteiger partial charge in [-0.1, -0.05) is 13.8 Å². The molecule has 2 aliphatic rings. The standard InChI is InChI=1S/C14H26O2/c1-11-8-12(2)10-14(15,9-11)6-5-13-4-3-7-16-13/h11-13,15H,3-10H2,1-2H3.